The number of carbonyl (C=O) groups excluding carboxylic acids is 2. The predicted molar refractivity (Wildman–Crippen MR) is 93.8 cm³/mol. The molecular weight excluding hydrogens is 336 g/mol. The van der Waals surface area contributed by atoms with Gasteiger partial charge in [0.05, 0.1) is 13.4 Å². The number of amides is 2. The van der Waals surface area contributed by atoms with Crippen LogP contribution in [0.25, 0.3) is 0 Å². The van der Waals surface area contributed by atoms with Crippen LogP contribution >= 0.6 is 0 Å². The summed E-state index contributed by atoms with van der Waals surface area (Å²) in [4.78, 5) is 40.4. The van der Waals surface area contributed by atoms with Crippen molar-refractivity contribution in [3.8, 4) is 5.75 Å². The second kappa shape index (κ2) is 7.81. The average molecular weight is 356 g/mol. The van der Waals surface area contributed by atoms with Gasteiger partial charge < -0.3 is 15.4 Å². The van der Waals surface area contributed by atoms with Crippen molar-refractivity contribution in [3.63, 3.8) is 0 Å². The fourth-order valence-electron chi connectivity index (χ4n) is 2.36. The maximum atomic E-state index is 12.4. The smallest absolute Gasteiger partial charge is 0.266 e. The summed E-state index contributed by atoms with van der Waals surface area (Å²) in [5.74, 6) is -0.0542. The number of ether oxygens (including phenoxy) is 1. The summed E-state index contributed by atoms with van der Waals surface area (Å²) in [6.07, 6.45) is 4.33. The van der Waals surface area contributed by atoms with Crippen LogP contribution in [0.1, 0.15) is 28.8 Å². The predicted octanol–water partition coefficient (Wildman–Crippen LogP) is 0.460. The third kappa shape index (κ3) is 4.47. The molecule has 0 spiro atoms. The molecule has 1 heterocycles. The van der Waals surface area contributed by atoms with Gasteiger partial charge in [-0.05, 0) is 30.5 Å². The van der Waals surface area contributed by atoms with Gasteiger partial charge in [0.15, 0.2) is 0 Å². The SMILES string of the molecule is COc1ccc(CNC(=O)Cn2cncc(C(=O)NC3CC3)c2=O)cc1. The zero-order chi connectivity index (χ0) is 18.5. The number of hydrogen-bond donors (Lipinski definition) is 2. The Morgan fingerprint density at radius 1 is 1.27 bits per heavy atom. The second-order valence-electron chi connectivity index (χ2n) is 6.11. The number of nitrogens with one attached hydrogen (secondary N) is 2. The molecule has 3 rings (SSSR count). The van der Waals surface area contributed by atoms with Crippen LogP contribution in [0.2, 0.25) is 0 Å². The third-order valence-corrected chi connectivity index (χ3v) is 4.02. The summed E-state index contributed by atoms with van der Waals surface area (Å²) in [7, 11) is 1.58. The van der Waals surface area contributed by atoms with Crippen molar-refractivity contribution in [1.29, 1.82) is 0 Å². The van der Waals surface area contributed by atoms with Crippen molar-refractivity contribution in [3.05, 3.63) is 58.3 Å². The number of benzene rings is 1. The topological polar surface area (TPSA) is 102 Å². The van der Waals surface area contributed by atoms with Gasteiger partial charge in [-0.3, -0.25) is 19.0 Å². The van der Waals surface area contributed by atoms with Gasteiger partial charge in [0.1, 0.15) is 17.9 Å². The van der Waals surface area contributed by atoms with Crippen molar-refractivity contribution in [1.82, 2.24) is 20.2 Å². The maximum Gasteiger partial charge on any atom is 0.266 e. The Kier molecular flexibility index (Phi) is 5.31. The molecule has 8 nitrogen and oxygen atoms in total. The van der Waals surface area contributed by atoms with Gasteiger partial charge in [-0.25, -0.2) is 4.98 Å². The lowest BCUT2D eigenvalue weighted by Crippen LogP contribution is -2.37. The quantitative estimate of drug-likeness (QED) is 0.750. The highest BCUT2D eigenvalue weighted by Gasteiger charge is 2.25. The summed E-state index contributed by atoms with van der Waals surface area (Å²) in [5, 5.41) is 5.48. The maximum absolute atomic E-state index is 12.4. The molecular formula is C18H20N4O4. The number of nitrogens with zero attached hydrogens (tertiary/aromatic N) is 2. The second-order valence-corrected chi connectivity index (χ2v) is 6.11. The zero-order valence-electron chi connectivity index (χ0n) is 14.4. The summed E-state index contributed by atoms with van der Waals surface area (Å²) in [6, 6.07) is 7.43. The van der Waals surface area contributed by atoms with Crippen molar-refractivity contribution < 1.29 is 14.3 Å². The molecule has 2 amide bonds. The fraction of sp³-hybridized carbons (Fsp3) is 0.333. The molecule has 1 aromatic heterocycles. The van der Waals surface area contributed by atoms with Crippen molar-refractivity contribution in [2.45, 2.75) is 32.0 Å². The van der Waals surface area contributed by atoms with Crippen LogP contribution in [-0.4, -0.2) is 34.5 Å². The molecule has 1 saturated carbocycles. The molecule has 0 saturated heterocycles. The number of rotatable bonds is 7. The van der Waals surface area contributed by atoms with Crippen LogP contribution in [0, 0.1) is 0 Å². The Bertz CT molecular complexity index is 856. The summed E-state index contributed by atoms with van der Waals surface area (Å²) in [5.41, 5.74) is 0.322. The molecule has 0 unspecified atom stereocenters. The van der Waals surface area contributed by atoms with E-state index in [2.05, 4.69) is 15.6 Å². The molecule has 2 aromatic rings. The molecule has 26 heavy (non-hydrogen) atoms. The van der Waals surface area contributed by atoms with Crippen molar-refractivity contribution in [2.75, 3.05) is 7.11 Å². The highest BCUT2D eigenvalue weighted by atomic mass is 16.5. The number of hydrogen-bond acceptors (Lipinski definition) is 5. The molecule has 1 aromatic carbocycles. The van der Waals surface area contributed by atoms with Crippen LogP contribution in [0.3, 0.4) is 0 Å². The number of methoxy groups -OCH3 is 1. The van der Waals surface area contributed by atoms with Crippen molar-refractivity contribution >= 4 is 11.8 Å². The van der Waals surface area contributed by atoms with E-state index in [9.17, 15) is 14.4 Å². The van der Waals surface area contributed by atoms with Crippen LogP contribution in [0.4, 0.5) is 0 Å². The Balaban J connectivity index is 1.59. The highest BCUT2D eigenvalue weighted by molar-refractivity contribution is 5.93. The van der Waals surface area contributed by atoms with E-state index < -0.39 is 11.5 Å². The lowest BCUT2D eigenvalue weighted by atomic mass is 10.2. The zero-order valence-corrected chi connectivity index (χ0v) is 14.4. The molecule has 0 bridgehead atoms. The lowest BCUT2D eigenvalue weighted by molar-refractivity contribution is -0.121. The molecule has 0 atom stereocenters. The van der Waals surface area contributed by atoms with E-state index in [1.807, 2.05) is 12.1 Å². The first-order valence-electron chi connectivity index (χ1n) is 8.32. The Labute approximate surface area is 150 Å². The summed E-state index contributed by atoms with van der Waals surface area (Å²) < 4.78 is 6.21. The monoisotopic (exact) mass is 356 g/mol. The van der Waals surface area contributed by atoms with Gasteiger partial charge in [0.25, 0.3) is 11.5 Å². The number of carbonyl (C=O) groups is 2. The van der Waals surface area contributed by atoms with E-state index in [1.165, 1.54) is 12.5 Å². The van der Waals surface area contributed by atoms with E-state index in [0.717, 1.165) is 28.7 Å². The minimum Gasteiger partial charge on any atom is -0.497 e. The standard InChI is InChI=1S/C18H20N4O4/c1-26-14-6-2-12(3-7-14)8-20-16(23)10-22-11-19-9-15(18(22)25)17(24)21-13-4-5-13/h2-3,6-7,9,11,13H,4-5,8,10H2,1H3,(H,20,23)(H,21,24). The first-order chi connectivity index (χ1) is 12.6. The highest BCUT2D eigenvalue weighted by Crippen LogP contribution is 2.18. The van der Waals surface area contributed by atoms with Crippen molar-refractivity contribution in [2.24, 2.45) is 0 Å². The largest absolute Gasteiger partial charge is 0.497 e. The van der Waals surface area contributed by atoms with Gasteiger partial charge in [-0.15, -0.1) is 0 Å². The molecule has 1 fully saturated rings. The Morgan fingerprint density at radius 3 is 2.65 bits per heavy atom. The first-order valence-corrected chi connectivity index (χ1v) is 8.32. The van der Waals surface area contributed by atoms with Gasteiger partial charge in [0.2, 0.25) is 5.91 Å². The summed E-state index contributed by atoms with van der Waals surface area (Å²) >= 11 is 0. The minimum atomic E-state index is -0.530. The fourth-order valence-corrected chi connectivity index (χ4v) is 2.36. The van der Waals surface area contributed by atoms with E-state index in [-0.39, 0.29) is 24.1 Å². The molecule has 136 valence electrons. The molecule has 0 aliphatic heterocycles. The lowest BCUT2D eigenvalue weighted by Gasteiger charge is -2.09. The minimum absolute atomic E-state index is 0.0534. The van der Waals surface area contributed by atoms with E-state index >= 15 is 0 Å². The number of aromatic nitrogens is 2. The molecule has 8 heteroatoms. The summed E-state index contributed by atoms with van der Waals surface area (Å²) in [6.45, 7) is 0.124. The van der Waals surface area contributed by atoms with Gasteiger partial charge >= 0.3 is 0 Å². The van der Waals surface area contributed by atoms with Gasteiger partial charge in [-0.1, -0.05) is 12.1 Å². The molecule has 0 radical (unpaired) electrons. The molecule has 1 aliphatic rings. The van der Waals surface area contributed by atoms with Crippen LogP contribution < -0.4 is 20.9 Å². The van der Waals surface area contributed by atoms with Crippen LogP contribution in [0.5, 0.6) is 5.75 Å². The average Bonchev–Trinajstić information content (AvgIpc) is 3.46. The molecule has 1 aliphatic carbocycles. The van der Waals surface area contributed by atoms with Crippen LogP contribution in [-0.2, 0) is 17.9 Å². The Morgan fingerprint density at radius 2 is 2.00 bits per heavy atom. The third-order valence-electron chi connectivity index (χ3n) is 4.02. The van der Waals surface area contributed by atoms with Crippen LogP contribution in [0.15, 0.2) is 41.6 Å². The molecule has 2 N–H and O–H groups in total. The first kappa shape index (κ1) is 17.7. The van der Waals surface area contributed by atoms with Gasteiger partial charge in [0, 0.05) is 18.8 Å². The normalized spacial score (nSPS) is 13.1. The van der Waals surface area contributed by atoms with E-state index in [4.69, 9.17) is 4.74 Å². The van der Waals surface area contributed by atoms with E-state index in [1.54, 1.807) is 19.2 Å². The van der Waals surface area contributed by atoms with Gasteiger partial charge in [-0.2, -0.15) is 0 Å². The van der Waals surface area contributed by atoms with E-state index in [0.29, 0.717) is 6.54 Å². The Hall–Kier alpha value is -3.16.